The minimum Gasteiger partial charge on any atom is -0.340 e. The number of carbonyl (C=O) groups excluding carboxylic acids is 1. The Kier molecular flexibility index (Phi) is 5.76. The number of hydrogen-bond acceptors (Lipinski definition) is 4. The molecule has 6 heteroatoms. The molecular formula is C20H23N5O. The van der Waals surface area contributed by atoms with E-state index in [4.69, 9.17) is 0 Å². The standard InChI is InChI=1S/C20H23N5O/c1-23(15-18-6-3-4-11-21-18)16-20(26)24(2)14-17-7-9-19(10-8-17)25-13-5-12-22-25/h3-13H,14-16H2,1-2H3. The minimum atomic E-state index is 0.0829. The number of aromatic nitrogens is 3. The fraction of sp³-hybridized carbons (Fsp3) is 0.250. The number of likely N-dealkylation sites (N-methyl/N-ethyl adjacent to an activating group) is 2. The van der Waals surface area contributed by atoms with E-state index in [1.165, 1.54) is 0 Å². The van der Waals surface area contributed by atoms with Gasteiger partial charge in [-0.3, -0.25) is 14.7 Å². The second kappa shape index (κ2) is 8.40. The molecule has 2 heterocycles. The third kappa shape index (κ3) is 4.77. The predicted molar refractivity (Wildman–Crippen MR) is 101 cm³/mol. The fourth-order valence-electron chi connectivity index (χ4n) is 2.71. The zero-order chi connectivity index (χ0) is 18.4. The van der Waals surface area contributed by atoms with Gasteiger partial charge < -0.3 is 4.90 Å². The van der Waals surface area contributed by atoms with E-state index in [1.54, 1.807) is 17.3 Å². The molecule has 0 radical (unpaired) electrons. The lowest BCUT2D eigenvalue weighted by atomic mass is 10.2. The summed E-state index contributed by atoms with van der Waals surface area (Å²) in [6, 6.07) is 15.8. The Balaban J connectivity index is 1.52. The summed E-state index contributed by atoms with van der Waals surface area (Å²) in [5.41, 5.74) is 3.05. The van der Waals surface area contributed by atoms with E-state index in [2.05, 4.69) is 10.1 Å². The quantitative estimate of drug-likeness (QED) is 0.657. The molecule has 0 saturated heterocycles. The van der Waals surface area contributed by atoms with Crippen LogP contribution in [0, 0.1) is 0 Å². The normalized spacial score (nSPS) is 10.9. The molecule has 6 nitrogen and oxygen atoms in total. The molecule has 0 atom stereocenters. The summed E-state index contributed by atoms with van der Waals surface area (Å²) < 4.78 is 1.81. The van der Waals surface area contributed by atoms with E-state index in [-0.39, 0.29) is 5.91 Å². The van der Waals surface area contributed by atoms with E-state index >= 15 is 0 Å². The number of rotatable bonds is 7. The van der Waals surface area contributed by atoms with Crippen LogP contribution >= 0.6 is 0 Å². The third-order valence-electron chi connectivity index (χ3n) is 4.11. The molecule has 0 spiro atoms. The van der Waals surface area contributed by atoms with Crippen LogP contribution in [0.3, 0.4) is 0 Å². The topological polar surface area (TPSA) is 54.3 Å². The highest BCUT2D eigenvalue weighted by molar-refractivity contribution is 5.77. The van der Waals surface area contributed by atoms with Gasteiger partial charge >= 0.3 is 0 Å². The first-order valence-electron chi connectivity index (χ1n) is 8.53. The molecule has 0 N–H and O–H groups in total. The van der Waals surface area contributed by atoms with Crippen molar-refractivity contribution < 1.29 is 4.79 Å². The van der Waals surface area contributed by atoms with Crippen molar-refractivity contribution in [3.8, 4) is 5.69 Å². The van der Waals surface area contributed by atoms with Gasteiger partial charge in [0.2, 0.25) is 5.91 Å². The minimum absolute atomic E-state index is 0.0829. The van der Waals surface area contributed by atoms with E-state index in [0.29, 0.717) is 19.6 Å². The van der Waals surface area contributed by atoms with Gasteiger partial charge in [0.15, 0.2) is 0 Å². The summed E-state index contributed by atoms with van der Waals surface area (Å²) in [6.07, 6.45) is 5.42. The second-order valence-electron chi connectivity index (χ2n) is 6.36. The van der Waals surface area contributed by atoms with E-state index in [1.807, 2.05) is 78.4 Å². The number of carbonyl (C=O) groups is 1. The molecule has 0 saturated carbocycles. The maximum absolute atomic E-state index is 12.5. The maximum Gasteiger partial charge on any atom is 0.236 e. The van der Waals surface area contributed by atoms with Gasteiger partial charge in [0.05, 0.1) is 17.9 Å². The van der Waals surface area contributed by atoms with Gasteiger partial charge in [-0.15, -0.1) is 0 Å². The van der Waals surface area contributed by atoms with Gasteiger partial charge in [0.1, 0.15) is 0 Å². The first-order valence-corrected chi connectivity index (χ1v) is 8.53. The van der Waals surface area contributed by atoms with E-state index < -0.39 is 0 Å². The van der Waals surface area contributed by atoms with Crippen molar-refractivity contribution in [2.45, 2.75) is 13.1 Å². The Hall–Kier alpha value is -2.99. The van der Waals surface area contributed by atoms with E-state index in [0.717, 1.165) is 16.9 Å². The average Bonchev–Trinajstić information content (AvgIpc) is 3.17. The molecule has 26 heavy (non-hydrogen) atoms. The van der Waals surface area contributed by atoms with Crippen molar-refractivity contribution in [1.82, 2.24) is 24.6 Å². The lowest BCUT2D eigenvalue weighted by molar-refractivity contribution is -0.131. The van der Waals surface area contributed by atoms with Gasteiger partial charge in [-0.2, -0.15) is 5.10 Å². The van der Waals surface area contributed by atoms with Crippen molar-refractivity contribution in [3.05, 3.63) is 78.4 Å². The molecule has 3 rings (SSSR count). The average molecular weight is 349 g/mol. The van der Waals surface area contributed by atoms with Crippen molar-refractivity contribution in [2.24, 2.45) is 0 Å². The summed E-state index contributed by atoms with van der Waals surface area (Å²) in [5.74, 6) is 0.0829. The largest absolute Gasteiger partial charge is 0.340 e. The number of benzene rings is 1. The molecule has 0 aliphatic heterocycles. The summed E-state index contributed by atoms with van der Waals surface area (Å²) >= 11 is 0. The van der Waals surface area contributed by atoms with Crippen LogP contribution in [0.2, 0.25) is 0 Å². The second-order valence-corrected chi connectivity index (χ2v) is 6.36. The van der Waals surface area contributed by atoms with Crippen molar-refractivity contribution in [1.29, 1.82) is 0 Å². The highest BCUT2D eigenvalue weighted by atomic mass is 16.2. The van der Waals surface area contributed by atoms with Crippen molar-refractivity contribution in [3.63, 3.8) is 0 Å². The maximum atomic E-state index is 12.5. The molecular weight excluding hydrogens is 326 g/mol. The first-order chi connectivity index (χ1) is 12.6. The smallest absolute Gasteiger partial charge is 0.236 e. The Labute approximate surface area is 153 Å². The molecule has 134 valence electrons. The zero-order valence-electron chi connectivity index (χ0n) is 15.1. The predicted octanol–water partition coefficient (Wildman–Crippen LogP) is 2.36. The highest BCUT2D eigenvalue weighted by Gasteiger charge is 2.13. The van der Waals surface area contributed by atoms with Crippen molar-refractivity contribution >= 4 is 5.91 Å². The van der Waals surface area contributed by atoms with Gasteiger partial charge in [0, 0.05) is 38.7 Å². The summed E-state index contributed by atoms with van der Waals surface area (Å²) in [5, 5.41) is 4.21. The van der Waals surface area contributed by atoms with Crippen LogP contribution in [0.1, 0.15) is 11.3 Å². The number of nitrogens with zero attached hydrogens (tertiary/aromatic N) is 5. The molecule has 3 aromatic rings. The van der Waals surface area contributed by atoms with Gasteiger partial charge in [0.25, 0.3) is 0 Å². The van der Waals surface area contributed by atoms with E-state index in [9.17, 15) is 4.79 Å². The van der Waals surface area contributed by atoms with Crippen LogP contribution in [0.25, 0.3) is 5.69 Å². The summed E-state index contributed by atoms with van der Waals surface area (Å²) in [7, 11) is 3.76. The molecule has 1 amide bonds. The van der Waals surface area contributed by atoms with Crippen molar-refractivity contribution in [2.75, 3.05) is 20.6 Å². The van der Waals surface area contributed by atoms with Crippen LogP contribution in [-0.2, 0) is 17.9 Å². The van der Waals surface area contributed by atoms with Gasteiger partial charge in [-0.05, 0) is 42.9 Å². The number of pyridine rings is 1. The zero-order valence-corrected chi connectivity index (χ0v) is 15.1. The molecule has 0 unspecified atom stereocenters. The first kappa shape index (κ1) is 17.8. The third-order valence-corrected chi connectivity index (χ3v) is 4.11. The molecule has 0 aliphatic carbocycles. The lowest BCUT2D eigenvalue weighted by Crippen LogP contribution is -2.36. The van der Waals surface area contributed by atoms with Crippen LogP contribution in [0.4, 0.5) is 0 Å². The van der Waals surface area contributed by atoms with Crippen LogP contribution < -0.4 is 0 Å². The SMILES string of the molecule is CN(CC(=O)N(C)Cc1ccc(-n2cccn2)cc1)Cc1ccccn1. The Bertz CT molecular complexity index is 815. The molecule has 0 bridgehead atoms. The Morgan fingerprint density at radius 2 is 1.81 bits per heavy atom. The van der Waals surface area contributed by atoms with Gasteiger partial charge in [-0.1, -0.05) is 18.2 Å². The Morgan fingerprint density at radius 1 is 1.00 bits per heavy atom. The summed E-state index contributed by atoms with van der Waals surface area (Å²) in [4.78, 5) is 20.5. The monoisotopic (exact) mass is 349 g/mol. The highest BCUT2D eigenvalue weighted by Crippen LogP contribution is 2.10. The molecule has 2 aromatic heterocycles. The Morgan fingerprint density at radius 3 is 2.46 bits per heavy atom. The summed E-state index contributed by atoms with van der Waals surface area (Å²) in [6.45, 7) is 1.59. The molecule has 0 fully saturated rings. The van der Waals surface area contributed by atoms with Crippen LogP contribution in [0.15, 0.2) is 67.1 Å². The van der Waals surface area contributed by atoms with Gasteiger partial charge in [-0.25, -0.2) is 4.68 Å². The molecule has 1 aromatic carbocycles. The fourth-order valence-corrected chi connectivity index (χ4v) is 2.71. The number of amides is 1. The van der Waals surface area contributed by atoms with Crippen LogP contribution in [0.5, 0.6) is 0 Å². The number of hydrogen-bond donors (Lipinski definition) is 0. The molecule has 0 aliphatic rings. The lowest BCUT2D eigenvalue weighted by Gasteiger charge is -2.22. The van der Waals surface area contributed by atoms with Crippen LogP contribution in [-0.4, -0.2) is 51.1 Å².